The molecule has 0 spiro atoms. The fourth-order valence-electron chi connectivity index (χ4n) is 8.72. The number of nitrogens with zero attached hydrogens (tertiary/aromatic N) is 9. The Kier molecular flexibility index (Phi) is 17.3. The van der Waals surface area contributed by atoms with Crippen LogP contribution in [0.15, 0.2) is 137 Å². The van der Waals surface area contributed by atoms with E-state index in [0.717, 1.165) is 121 Å². The first-order valence-electron chi connectivity index (χ1n) is 25.1. The lowest BCUT2D eigenvalue weighted by Gasteiger charge is -2.32. The second-order valence-electron chi connectivity index (χ2n) is 18.0. The molecule has 3 aromatic carbocycles. The van der Waals surface area contributed by atoms with Gasteiger partial charge in [-0.3, -0.25) is 59.5 Å². The number of nitrogens with one attached hydrogen (secondary N) is 5. The van der Waals surface area contributed by atoms with Crippen molar-refractivity contribution in [2.75, 3.05) is 35.2 Å². The van der Waals surface area contributed by atoms with E-state index >= 15 is 0 Å². The summed E-state index contributed by atoms with van der Waals surface area (Å²) in [7, 11) is 0. The van der Waals surface area contributed by atoms with Crippen molar-refractivity contribution in [1.29, 1.82) is 0 Å². The van der Waals surface area contributed by atoms with E-state index < -0.39 is 5.91 Å². The number of rotatable bonds is 12. The number of carbonyl (C=O) groups is 7. The van der Waals surface area contributed by atoms with Gasteiger partial charge < -0.3 is 20.3 Å². The Morgan fingerprint density at radius 1 is 0.617 bits per heavy atom. The van der Waals surface area contributed by atoms with Crippen LogP contribution in [0, 0.1) is 5.92 Å². The van der Waals surface area contributed by atoms with Crippen LogP contribution in [-0.2, 0) is 37.0 Å². The molecule has 4 aliphatic rings. The number of thioether (sulfide) groups is 3. The van der Waals surface area contributed by atoms with Gasteiger partial charge in [0.05, 0.1) is 56.0 Å². The summed E-state index contributed by atoms with van der Waals surface area (Å²) in [6, 6.07) is 26.4. The van der Waals surface area contributed by atoms with Gasteiger partial charge in [0.15, 0.2) is 0 Å². The molecule has 5 aromatic heterocycles. The third kappa shape index (κ3) is 13.9. The quantitative estimate of drug-likeness (QED) is 0.0564. The van der Waals surface area contributed by atoms with Gasteiger partial charge in [-0.2, -0.15) is 0 Å². The molecule has 4 fully saturated rings. The topological polar surface area (TPSA) is 295 Å². The molecule has 0 radical (unpaired) electrons. The van der Waals surface area contributed by atoms with Crippen LogP contribution in [-0.4, -0.2) is 99.0 Å². The maximum absolute atomic E-state index is 12.2. The van der Waals surface area contributed by atoms with Crippen LogP contribution in [0.5, 0.6) is 0 Å². The monoisotopic (exact) mass is 1140 g/mol. The van der Waals surface area contributed by atoms with Crippen LogP contribution in [0.4, 0.5) is 31.8 Å². The van der Waals surface area contributed by atoms with Crippen LogP contribution in [0.1, 0.15) is 47.7 Å². The van der Waals surface area contributed by atoms with Crippen molar-refractivity contribution in [3.05, 3.63) is 165 Å². The maximum Gasteiger partial charge on any atom is 0.310 e. The van der Waals surface area contributed by atoms with Crippen LogP contribution < -0.4 is 31.5 Å². The highest BCUT2D eigenvalue weighted by Gasteiger charge is 2.30. The number of imide groups is 3. The zero-order valence-corrected chi connectivity index (χ0v) is 45.3. The first-order chi connectivity index (χ1) is 39.4. The van der Waals surface area contributed by atoms with Crippen molar-refractivity contribution in [3.63, 3.8) is 0 Å². The number of benzene rings is 3. The molecule has 12 rings (SSSR count). The van der Waals surface area contributed by atoms with Crippen LogP contribution in [0.2, 0.25) is 0 Å². The van der Waals surface area contributed by atoms with E-state index in [0.29, 0.717) is 52.6 Å². The molecule has 0 bridgehead atoms. The summed E-state index contributed by atoms with van der Waals surface area (Å²) in [5, 5.41) is 14.7. The van der Waals surface area contributed by atoms with Gasteiger partial charge in [0.2, 0.25) is 0 Å². The highest BCUT2D eigenvalue weighted by molar-refractivity contribution is 8.19. The third-order valence-corrected chi connectivity index (χ3v) is 14.9. The molecule has 6 amide bonds. The number of pyridine rings is 2. The number of carbonyl (C=O) groups excluding carboxylic acids is 7. The number of amides is 6. The standard InChI is InChI=1S/C20H20N4O4S.2C18H13N5O2S/c1-2-28-19(26)13-4-3-7-24(10-13)17-14-8-12(5-6-15(14)21-11-22-17)9-16-18(25)23-20(27)29-16;24-17-15(26-18(25)23-17)7-11-3-4-14-13(6-11)16(22-10-21-14)20-9-12-2-1-5-19-8-12;24-17-15(26-18(25)23-17)8-11-4-5-14-13(7-11)16(22-10-21-14)20-9-12-3-1-2-6-19-12/h5-6,8-9,11,13H,2-4,7,10H2,1H3,(H,23,25,27);2*1-8,10H,9H2,(H,20,21,22)(H,23,24,25). The molecule has 5 N–H and O–H groups in total. The average Bonchev–Trinajstić information content (AvgIpc) is 4.12. The minimum absolute atomic E-state index is 0.171. The Labute approximate surface area is 474 Å². The molecular weight excluding hydrogens is 1090 g/mol. The Morgan fingerprint density at radius 2 is 1.15 bits per heavy atom. The molecule has 406 valence electrons. The fourth-order valence-corrected chi connectivity index (χ4v) is 10.8. The van der Waals surface area contributed by atoms with Crippen molar-refractivity contribution >= 4 is 143 Å². The maximum atomic E-state index is 12.2. The van der Waals surface area contributed by atoms with Gasteiger partial charge in [-0.25, -0.2) is 29.9 Å². The number of hydrogen-bond acceptors (Lipinski definition) is 22. The molecule has 81 heavy (non-hydrogen) atoms. The van der Waals surface area contributed by atoms with E-state index in [2.05, 4.69) is 71.4 Å². The van der Waals surface area contributed by atoms with Crippen molar-refractivity contribution < 1.29 is 38.3 Å². The molecule has 9 heterocycles. The predicted octanol–water partition coefficient (Wildman–Crippen LogP) is 8.65. The van der Waals surface area contributed by atoms with Gasteiger partial charge in [-0.1, -0.05) is 30.3 Å². The average molecular weight is 1140 g/mol. The molecule has 4 saturated heterocycles. The SMILES string of the molecule is CCOC(=O)C1CCCN(c2ncnc3ccc(C=C4SC(=O)NC4=O)cc23)C1.O=C1NC(=O)C(=Cc2ccc3ncnc(NCc4ccccn4)c3c2)S1.O=C1NC(=O)C(=Cc2ccc3ncnc(NCc4cccnc4)c3c2)S1. The van der Waals surface area contributed by atoms with E-state index in [1.54, 1.807) is 36.8 Å². The molecule has 8 aromatic rings. The zero-order valence-electron chi connectivity index (χ0n) is 42.8. The van der Waals surface area contributed by atoms with E-state index in [1.807, 2.05) is 91.9 Å². The first-order valence-corrected chi connectivity index (χ1v) is 27.5. The second kappa shape index (κ2) is 25.6. The van der Waals surface area contributed by atoms with Gasteiger partial charge >= 0.3 is 5.97 Å². The Bertz CT molecular complexity index is 3720. The lowest BCUT2D eigenvalue weighted by molar-refractivity contribution is -0.148. The summed E-state index contributed by atoms with van der Waals surface area (Å²) >= 11 is 2.67. The summed E-state index contributed by atoms with van der Waals surface area (Å²) in [5.74, 6) is 0.636. The first kappa shape index (κ1) is 54.9. The van der Waals surface area contributed by atoms with Crippen LogP contribution >= 0.6 is 35.3 Å². The molecule has 0 aliphatic carbocycles. The van der Waals surface area contributed by atoms with Gasteiger partial charge in [-0.05, 0) is 150 Å². The molecule has 4 aliphatic heterocycles. The van der Waals surface area contributed by atoms with E-state index in [4.69, 9.17) is 4.74 Å². The lowest BCUT2D eigenvalue weighted by Crippen LogP contribution is -2.40. The van der Waals surface area contributed by atoms with Crippen molar-refractivity contribution in [2.45, 2.75) is 32.9 Å². The molecule has 0 saturated carbocycles. The number of fused-ring (bicyclic) bond motifs is 3. The van der Waals surface area contributed by atoms with E-state index in [9.17, 15) is 33.6 Å². The lowest BCUT2D eigenvalue weighted by atomic mass is 9.98. The zero-order chi connectivity index (χ0) is 56.2. The van der Waals surface area contributed by atoms with E-state index in [-0.39, 0.29) is 39.4 Å². The normalized spacial score (nSPS) is 17.4. The summed E-state index contributed by atoms with van der Waals surface area (Å²) in [5.41, 5.74) is 6.64. The molecule has 1 unspecified atom stereocenters. The van der Waals surface area contributed by atoms with Gasteiger partial charge in [0.1, 0.15) is 36.4 Å². The van der Waals surface area contributed by atoms with Gasteiger partial charge in [0.25, 0.3) is 33.4 Å². The Morgan fingerprint density at radius 3 is 1.64 bits per heavy atom. The molecule has 22 nitrogen and oxygen atoms in total. The summed E-state index contributed by atoms with van der Waals surface area (Å²) < 4.78 is 5.19. The van der Waals surface area contributed by atoms with Crippen molar-refractivity contribution in [1.82, 2.24) is 55.8 Å². The number of aromatic nitrogens is 8. The third-order valence-electron chi connectivity index (χ3n) is 12.5. The van der Waals surface area contributed by atoms with Gasteiger partial charge in [0, 0.05) is 54.4 Å². The van der Waals surface area contributed by atoms with Crippen LogP contribution in [0.25, 0.3) is 50.9 Å². The Balaban J connectivity index is 0.000000137. The fraction of sp³-hybridized carbons (Fsp3) is 0.161. The molecule has 25 heteroatoms. The number of ether oxygens (including phenoxy) is 1. The van der Waals surface area contributed by atoms with E-state index in [1.165, 1.54) is 19.0 Å². The smallest absolute Gasteiger partial charge is 0.310 e. The van der Waals surface area contributed by atoms with Crippen molar-refractivity contribution in [3.8, 4) is 0 Å². The number of hydrogen-bond donors (Lipinski definition) is 5. The van der Waals surface area contributed by atoms with Crippen molar-refractivity contribution in [2.24, 2.45) is 5.92 Å². The summed E-state index contributed by atoms with van der Waals surface area (Å²) in [4.78, 5) is 119. The predicted molar refractivity (Wildman–Crippen MR) is 311 cm³/mol. The molecule has 1 atom stereocenters. The largest absolute Gasteiger partial charge is 0.466 e. The highest BCUT2D eigenvalue weighted by atomic mass is 32.2. The summed E-state index contributed by atoms with van der Waals surface area (Å²) in [6.07, 6.45) is 16.5. The number of anilines is 3. The summed E-state index contributed by atoms with van der Waals surface area (Å²) in [6.45, 7) is 4.63. The second-order valence-corrected chi connectivity index (χ2v) is 21.0. The number of piperidine rings is 1. The minimum atomic E-state index is -0.391. The Hall–Kier alpha value is -9.46. The molecular formula is C56H46N14O8S3. The minimum Gasteiger partial charge on any atom is -0.466 e. The highest BCUT2D eigenvalue weighted by Crippen LogP contribution is 2.33. The van der Waals surface area contributed by atoms with Crippen LogP contribution in [0.3, 0.4) is 0 Å². The van der Waals surface area contributed by atoms with Gasteiger partial charge in [-0.15, -0.1) is 0 Å². The number of esters is 1.